The van der Waals surface area contributed by atoms with Crippen LogP contribution in [0.25, 0.3) is 0 Å². The summed E-state index contributed by atoms with van der Waals surface area (Å²) >= 11 is 0. The number of alkyl halides is 3. The van der Waals surface area contributed by atoms with E-state index in [1.807, 2.05) is 32.0 Å². The van der Waals surface area contributed by atoms with E-state index in [0.29, 0.717) is 13.1 Å². The number of benzene rings is 2. The van der Waals surface area contributed by atoms with Crippen LogP contribution in [0, 0.1) is 6.92 Å². The lowest BCUT2D eigenvalue weighted by molar-refractivity contribution is -0.137. The normalized spacial score (nSPS) is 17.5. The molecule has 1 unspecified atom stereocenters. The molecule has 0 bridgehead atoms. The lowest BCUT2D eigenvalue weighted by Crippen LogP contribution is -2.36. The molecule has 1 heterocycles. The van der Waals surface area contributed by atoms with Crippen LogP contribution in [0.1, 0.15) is 34.0 Å². The topological polar surface area (TPSA) is 29.5 Å². The average molecular weight is 349 g/mol. The fourth-order valence-electron chi connectivity index (χ4n) is 2.92. The standard InChI is InChI=1S/C19H18F3NO2/c1-12-3-8-17-15(9-12)11-23(10-13(2)25-17)18(24)14-4-6-16(7-5-14)19(20,21)22/h3-9,13H,10-11H2,1-2H3. The fourth-order valence-corrected chi connectivity index (χ4v) is 2.92. The summed E-state index contributed by atoms with van der Waals surface area (Å²) in [5, 5.41) is 0. The molecule has 3 nitrogen and oxygen atoms in total. The molecule has 2 aromatic rings. The van der Waals surface area contributed by atoms with Crippen molar-refractivity contribution < 1.29 is 22.7 Å². The van der Waals surface area contributed by atoms with Crippen molar-refractivity contribution in [3.8, 4) is 5.75 Å². The zero-order valence-electron chi connectivity index (χ0n) is 13.9. The molecule has 0 aromatic heterocycles. The van der Waals surface area contributed by atoms with Gasteiger partial charge in [0.05, 0.1) is 12.1 Å². The maximum Gasteiger partial charge on any atom is 0.416 e. The molecule has 0 fully saturated rings. The SMILES string of the molecule is Cc1ccc2c(c1)CN(C(=O)c1ccc(C(F)(F)F)cc1)CC(C)O2. The number of carbonyl (C=O) groups is 1. The zero-order valence-corrected chi connectivity index (χ0v) is 13.9. The highest BCUT2D eigenvalue weighted by Crippen LogP contribution is 2.30. The van der Waals surface area contributed by atoms with Crippen molar-refractivity contribution in [3.63, 3.8) is 0 Å². The summed E-state index contributed by atoms with van der Waals surface area (Å²) in [7, 11) is 0. The van der Waals surface area contributed by atoms with Crippen molar-refractivity contribution in [2.24, 2.45) is 0 Å². The van der Waals surface area contributed by atoms with Gasteiger partial charge in [-0.1, -0.05) is 17.7 Å². The molecule has 1 aliphatic heterocycles. The molecule has 2 aromatic carbocycles. The molecule has 3 rings (SSSR count). The predicted octanol–water partition coefficient (Wildman–Crippen LogP) is 4.44. The molecule has 132 valence electrons. The number of carbonyl (C=O) groups excluding carboxylic acids is 1. The molecule has 1 amide bonds. The van der Waals surface area contributed by atoms with Gasteiger partial charge in [-0.3, -0.25) is 4.79 Å². The average Bonchev–Trinajstić information content (AvgIpc) is 2.71. The number of aryl methyl sites for hydroxylation is 1. The van der Waals surface area contributed by atoms with Crippen molar-refractivity contribution in [2.75, 3.05) is 6.54 Å². The highest BCUT2D eigenvalue weighted by molar-refractivity contribution is 5.94. The first-order valence-electron chi connectivity index (χ1n) is 7.97. The molecular weight excluding hydrogens is 331 g/mol. The van der Waals surface area contributed by atoms with Gasteiger partial charge < -0.3 is 9.64 Å². The Bertz CT molecular complexity index is 784. The van der Waals surface area contributed by atoms with Gasteiger partial charge in [0.1, 0.15) is 11.9 Å². The minimum atomic E-state index is -4.41. The molecule has 0 radical (unpaired) electrons. The quantitative estimate of drug-likeness (QED) is 0.762. The number of rotatable bonds is 1. The van der Waals surface area contributed by atoms with Crippen molar-refractivity contribution in [2.45, 2.75) is 32.7 Å². The Morgan fingerprint density at radius 3 is 2.48 bits per heavy atom. The number of amides is 1. The van der Waals surface area contributed by atoms with Gasteiger partial charge >= 0.3 is 6.18 Å². The van der Waals surface area contributed by atoms with E-state index < -0.39 is 11.7 Å². The van der Waals surface area contributed by atoms with Crippen LogP contribution in [0.3, 0.4) is 0 Å². The Balaban J connectivity index is 1.86. The number of hydrogen-bond donors (Lipinski definition) is 0. The Kier molecular flexibility index (Phi) is 4.45. The van der Waals surface area contributed by atoms with Gasteiger partial charge in [-0.2, -0.15) is 13.2 Å². The second-order valence-corrected chi connectivity index (χ2v) is 6.30. The zero-order chi connectivity index (χ0) is 18.2. The Morgan fingerprint density at radius 1 is 1.16 bits per heavy atom. The van der Waals surface area contributed by atoms with E-state index in [-0.39, 0.29) is 17.6 Å². The molecular formula is C19H18F3NO2. The molecule has 0 N–H and O–H groups in total. The van der Waals surface area contributed by atoms with Crippen LogP contribution in [-0.2, 0) is 12.7 Å². The summed E-state index contributed by atoms with van der Waals surface area (Å²) in [5.74, 6) is 0.430. The first-order chi connectivity index (χ1) is 11.7. The van der Waals surface area contributed by atoms with Crippen molar-refractivity contribution >= 4 is 5.91 Å². The largest absolute Gasteiger partial charge is 0.489 e. The minimum Gasteiger partial charge on any atom is -0.489 e. The first kappa shape index (κ1) is 17.3. The molecule has 0 saturated heterocycles. The van der Waals surface area contributed by atoms with Gasteiger partial charge in [0.25, 0.3) is 5.91 Å². The van der Waals surface area contributed by atoms with Gasteiger partial charge in [0, 0.05) is 17.7 Å². The van der Waals surface area contributed by atoms with Crippen LogP contribution in [0.2, 0.25) is 0 Å². The van der Waals surface area contributed by atoms with Gasteiger partial charge in [-0.25, -0.2) is 0 Å². The second-order valence-electron chi connectivity index (χ2n) is 6.30. The molecule has 1 aliphatic rings. The van der Waals surface area contributed by atoms with E-state index in [1.54, 1.807) is 4.90 Å². The maximum absolute atomic E-state index is 12.7. The van der Waals surface area contributed by atoms with Crippen LogP contribution in [0.5, 0.6) is 5.75 Å². The van der Waals surface area contributed by atoms with Crippen LogP contribution >= 0.6 is 0 Å². The minimum absolute atomic E-state index is 0.206. The van der Waals surface area contributed by atoms with Crippen LogP contribution in [0.4, 0.5) is 13.2 Å². The Hall–Kier alpha value is -2.50. The fraction of sp³-hybridized carbons (Fsp3) is 0.316. The summed E-state index contributed by atoms with van der Waals surface area (Å²) in [4.78, 5) is 14.4. The number of halogens is 3. The molecule has 0 spiro atoms. The van der Waals surface area contributed by atoms with Gasteiger partial charge in [-0.15, -0.1) is 0 Å². The third kappa shape index (κ3) is 3.78. The Labute approximate surface area is 144 Å². The second kappa shape index (κ2) is 6.43. The molecule has 0 aliphatic carbocycles. The van der Waals surface area contributed by atoms with Gasteiger partial charge in [0.15, 0.2) is 0 Å². The van der Waals surface area contributed by atoms with E-state index in [4.69, 9.17) is 4.74 Å². The monoisotopic (exact) mass is 349 g/mol. The summed E-state index contributed by atoms with van der Waals surface area (Å²) in [5.41, 5.74) is 1.41. The lowest BCUT2D eigenvalue weighted by Gasteiger charge is -2.22. The maximum atomic E-state index is 12.7. The van der Waals surface area contributed by atoms with E-state index in [2.05, 4.69) is 0 Å². The van der Waals surface area contributed by atoms with Crippen LogP contribution in [-0.4, -0.2) is 23.5 Å². The smallest absolute Gasteiger partial charge is 0.416 e. The molecule has 0 saturated carbocycles. The molecule has 1 atom stereocenters. The number of fused-ring (bicyclic) bond motifs is 1. The van der Waals surface area contributed by atoms with Crippen molar-refractivity contribution in [1.29, 1.82) is 0 Å². The van der Waals surface area contributed by atoms with E-state index in [0.717, 1.165) is 29.0 Å². The molecule has 25 heavy (non-hydrogen) atoms. The summed E-state index contributed by atoms with van der Waals surface area (Å²) in [6.07, 6.45) is -4.62. The van der Waals surface area contributed by atoms with E-state index in [9.17, 15) is 18.0 Å². The predicted molar refractivity (Wildman–Crippen MR) is 87.5 cm³/mol. The van der Waals surface area contributed by atoms with Crippen LogP contribution in [0.15, 0.2) is 42.5 Å². The lowest BCUT2D eigenvalue weighted by atomic mass is 10.1. The van der Waals surface area contributed by atoms with Crippen LogP contribution < -0.4 is 4.74 Å². The van der Waals surface area contributed by atoms with Crippen molar-refractivity contribution in [3.05, 3.63) is 64.7 Å². The first-order valence-corrected chi connectivity index (χ1v) is 7.97. The number of hydrogen-bond acceptors (Lipinski definition) is 2. The third-order valence-corrected chi connectivity index (χ3v) is 4.13. The molecule has 6 heteroatoms. The van der Waals surface area contributed by atoms with E-state index in [1.165, 1.54) is 12.1 Å². The van der Waals surface area contributed by atoms with Crippen molar-refractivity contribution in [1.82, 2.24) is 4.90 Å². The summed E-state index contributed by atoms with van der Waals surface area (Å²) in [6, 6.07) is 10.1. The highest BCUT2D eigenvalue weighted by Gasteiger charge is 2.31. The summed E-state index contributed by atoms with van der Waals surface area (Å²) in [6.45, 7) is 4.55. The number of ether oxygens (including phenoxy) is 1. The van der Waals surface area contributed by atoms with Gasteiger partial charge in [0.2, 0.25) is 0 Å². The number of nitrogens with zero attached hydrogens (tertiary/aromatic N) is 1. The summed E-state index contributed by atoms with van der Waals surface area (Å²) < 4.78 is 43.9. The third-order valence-electron chi connectivity index (χ3n) is 4.13. The highest BCUT2D eigenvalue weighted by atomic mass is 19.4. The van der Waals surface area contributed by atoms with Gasteiger partial charge in [-0.05, 0) is 44.2 Å². The Morgan fingerprint density at radius 2 is 1.84 bits per heavy atom. The van der Waals surface area contributed by atoms with E-state index >= 15 is 0 Å².